The molecule has 0 N–H and O–H groups in total. The molecule has 0 aliphatic carbocycles. The molecule has 6 heteroatoms. The summed E-state index contributed by atoms with van der Waals surface area (Å²) in [5.41, 5.74) is 6.34. The molecule has 4 rings (SSSR count). The van der Waals surface area contributed by atoms with E-state index >= 15 is 0 Å². The summed E-state index contributed by atoms with van der Waals surface area (Å²) in [7, 11) is 4.06. The Labute approximate surface area is 236 Å². The quantitative estimate of drug-likeness (QED) is 0.235. The molecule has 0 bridgehead atoms. The minimum atomic E-state index is -0.207. The summed E-state index contributed by atoms with van der Waals surface area (Å²) in [6, 6.07) is 24.8. The van der Waals surface area contributed by atoms with Gasteiger partial charge < -0.3 is 40.0 Å². The van der Waals surface area contributed by atoms with E-state index in [4.69, 9.17) is 25.3 Å². The van der Waals surface area contributed by atoms with Crippen molar-refractivity contribution in [2.45, 2.75) is 4.71 Å². The zero-order valence-electron chi connectivity index (χ0n) is 19.8. The Bertz CT molecular complexity index is 1210. The van der Waals surface area contributed by atoms with Gasteiger partial charge in [0.15, 0.2) is 0 Å². The van der Waals surface area contributed by atoms with Gasteiger partial charge in [0.2, 0.25) is 0 Å². The summed E-state index contributed by atoms with van der Waals surface area (Å²) in [4.78, 5) is 6.62. The standard InChI is InChI=1S/C29H29N3S2.Au/c1-30(2)27-15-11-25(12-16-27)9-7-23-3-5-24(6-4-23)8-10-26-13-17-28(18-14-26)31-19-21-32(22-20-31)29(33)34;/h3-6,11-18,29,33-34H,19-22H2,1-2H3;/p-2. The Kier molecular flexibility index (Phi) is 10.3. The number of hydrogen-bond donors (Lipinski definition) is 0. The maximum atomic E-state index is 5.19. The van der Waals surface area contributed by atoms with Crippen LogP contribution in [0, 0.1) is 23.7 Å². The van der Waals surface area contributed by atoms with Gasteiger partial charge in [-0.25, -0.2) is 4.71 Å². The molecule has 1 aliphatic rings. The number of hydrogen-bond acceptors (Lipinski definition) is 5. The van der Waals surface area contributed by atoms with E-state index in [9.17, 15) is 0 Å². The van der Waals surface area contributed by atoms with Crippen LogP contribution in [-0.4, -0.2) is 49.9 Å². The zero-order chi connectivity index (χ0) is 23.9. The van der Waals surface area contributed by atoms with E-state index in [0.717, 1.165) is 48.4 Å². The van der Waals surface area contributed by atoms with Crippen molar-refractivity contribution in [2.75, 3.05) is 50.1 Å². The number of piperazine rings is 1. The van der Waals surface area contributed by atoms with Gasteiger partial charge in [0.05, 0.1) is 0 Å². The van der Waals surface area contributed by atoms with Crippen LogP contribution in [0.1, 0.15) is 22.3 Å². The molecule has 35 heavy (non-hydrogen) atoms. The minimum absolute atomic E-state index is 0. The molecule has 1 saturated heterocycles. The second-order valence-corrected chi connectivity index (χ2v) is 9.59. The molecule has 3 nitrogen and oxygen atoms in total. The van der Waals surface area contributed by atoms with Crippen LogP contribution in [0.25, 0.3) is 0 Å². The van der Waals surface area contributed by atoms with E-state index < -0.39 is 0 Å². The Morgan fingerprint density at radius 1 is 0.629 bits per heavy atom. The molecular formula is C29H27AuN3S2-2. The molecule has 0 atom stereocenters. The fraction of sp³-hybridized carbons (Fsp3) is 0.241. The molecule has 0 amide bonds. The van der Waals surface area contributed by atoms with E-state index in [0.29, 0.717) is 0 Å². The predicted molar refractivity (Wildman–Crippen MR) is 148 cm³/mol. The van der Waals surface area contributed by atoms with Crippen LogP contribution in [0.4, 0.5) is 11.4 Å². The second kappa shape index (κ2) is 13.2. The smallest absolute Gasteiger partial charge is 0.0367 e. The first-order valence-electron chi connectivity index (χ1n) is 11.3. The number of benzene rings is 3. The average molecular weight is 679 g/mol. The molecule has 1 radical (unpaired) electrons. The Morgan fingerprint density at radius 3 is 1.37 bits per heavy atom. The summed E-state index contributed by atoms with van der Waals surface area (Å²) in [5, 5.41) is 0. The van der Waals surface area contributed by atoms with E-state index in [1.807, 2.05) is 50.5 Å². The SMILES string of the molecule is CN(C)c1ccc(C#Cc2ccc(C#Cc3ccc(N4CCN(C([S-])[S-])CC4)cc3)cc2)cc1.[Au]. The third kappa shape index (κ3) is 7.89. The van der Waals surface area contributed by atoms with E-state index in [1.165, 1.54) is 11.4 Å². The fourth-order valence-corrected chi connectivity index (χ4v) is 4.14. The predicted octanol–water partition coefficient (Wildman–Crippen LogP) is 4.05. The number of rotatable bonds is 3. The third-order valence-electron chi connectivity index (χ3n) is 5.82. The molecule has 1 aliphatic heterocycles. The van der Waals surface area contributed by atoms with Crippen molar-refractivity contribution in [1.82, 2.24) is 4.90 Å². The van der Waals surface area contributed by atoms with Gasteiger partial charge in [-0.3, -0.25) is 0 Å². The van der Waals surface area contributed by atoms with Crippen molar-refractivity contribution in [2.24, 2.45) is 0 Å². The van der Waals surface area contributed by atoms with Crippen LogP contribution >= 0.6 is 0 Å². The normalized spacial score (nSPS) is 13.2. The number of anilines is 2. The molecule has 183 valence electrons. The molecule has 1 fully saturated rings. The van der Waals surface area contributed by atoms with Gasteiger partial charge in [0, 0.05) is 96.3 Å². The Balaban J connectivity index is 0.00000342. The third-order valence-corrected chi connectivity index (χ3v) is 6.41. The molecule has 1 heterocycles. The summed E-state index contributed by atoms with van der Waals surface area (Å²) in [6.07, 6.45) is 0. The van der Waals surface area contributed by atoms with Crippen LogP contribution in [0.15, 0.2) is 72.8 Å². The van der Waals surface area contributed by atoms with Crippen molar-refractivity contribution >= 4 is 36.6 Å². The van der Waals surface area contributed by atoms with E-state index in [2.05, 4.69) is 74.8 Å². The fourth-order valence-electron chi connectivity index (χ4n) is 3.71. The molecule has 3 aromatic carbocycles. The summed E-state index contributed by atoms with van der Waals surface area (Å²) in [5.74, 6) is 13.0. The topological polar surface area (TPSA) is 9.72 Å². The van der Waals surface area contributed by atoms with Crippen molar-refractivity contribution in [3.8, 4) is 23.7 Å². The van der Waals surface area contributed by atoms with Crippen molar-refractivity contribution in [3.05, 3.63) is 95.1 Å². The first-order chi connectivity index (χ1) is 16.5. The average Bonchev–Trinajstić information content (AvgIpc) is 2.87. The van der Waals surface area contributed by atoms with Gasteiger partial charge in [-0.05, 0) is 72.8 Å². The Hall–Kier alpha value is -2.22. The maximum absolute atomic E-state index is 5.19. The van der Waals surface area contributed by atoms with Gasteiger partial charge >= 0.3 is 0 Å². The van der Waals surface area contributed by atoms with Crippen LogP contribution in [0.2, 0.25) is 0 Å². The molecule has 0 unspecified atom stereocenters. The first-order valence-corrected chi connectivity index (χ1v) is 12.2. The molecule has 0 spiro atoms. The first kappa shape index (κ1) is 27.4. The largest absolute Gasteiger partial charge is 0.800 e. The van der Waals surface area contributed by atoms with Crippen LogP contribution in [-0.2, 0) is 47.6 Å². The minimum Gasteiger partial charge on any atom is -0.800 e. The van der Waals surface area contributed by atoms with Crippen molar-refractivity contribution in [1.29, 1.82) is 0 Å². The maximum Gasteiger partial charge on any atom is 0.0367 e. The molecular weight excluding hydrogens is 651 g/mol. The zero-order valence-corrected chi connectivity index (χ0v) is 23.6. The van der Waals surface area contributed by atoms with Gasteiger partial charge in [-0.2, -0.15) is 0 Å². The van der Waals surface area contributed by atoms with Gasteiger partial charge in [0.25, 0.3) is 0 Å². The molecule has 3 aromatic rings. The van der Waals surface area contributed by atoms with E-state index in [1.54, 1.807) is 0 Å². The number of nitrogens with zero attached hydrogens (tertiary/aromatic N) is 3. The van der Waals surface area contributed by atoms with Gasteiger partial charge in [0.1, 0.15) is 0 Å². The monoisotopic (exact) mass is 678 g/mol. The van der Waals surface area contributed by atoms with Gasteiger partial charge in [-0.15, -0.1) is 0 Å². The van der Waals surface area contributed by atoms with E-state index in [-0.39, 0.29) is 27.1 Å². The summed E-state index contributed by atoms with van der Waals surface area (Å²) >= 11 is 10.4. The molecule has 0 aromatic heterocycles. The van der Waals surface area contributed by atoms with Crippen molar-refractivity contribution < 1.29 is 22.4 Å². The van der Waals surface area contributed by atoms with Crippen LogP contribution in [0.5, 0.6) is 0 Å². The van der Waals surface area contributed by atoms with Gasteiger partial charge in [-0.1, -0.05) is 23.7 Å². The Morgan fingerprint density at radius 2 is 1.00 bits per heavy atom. The molecule has 0 saturated carbocycles. The summed E-state index contributed by atoms with van der Waals surface area (Å²) in [6.45, 7) is 3.74. The van der Waals surface area contributed by atoms with Crippen LogP contribution < -0.4 is 9.80 Å². The summed E-state index contributed by atoms with van der Waals surface area (Å²) < 4.78 is -0.207. The van der Waals surface area contributed by atoms with Crippen LogP contribution in [0.3, 0.4) is 0 Å². The van der Waals surface area contributed by atoms with Crippen molar-refractivity contribution in [3.63, 3.8) is 0 Å². The second-order valence-electron chi connectivity index (χ2n) is 8.40.